The molecule has 1 N–H and O–H groups in total. The number of aryl methyl sites for hydroxylation is 1. The van der Waals surface area contributed by atoms with Gasteiger partial charge in [0.05, 0.1) is 28.6 Å². The minimum atomic E-state index is -0.524. The van der Waals surface area contributed by atoms with Crippen LogP contribution in [0.1, 0.15) is 21.5 Å². The number of hydrogen-bond acceptors (Lipinski definition) is 7. The predicted octanol–water partition coefficient (Wildman–Crippen LogP) is 2.76. The summed E-state index contributed by atoms with van der Waals surface area (Å²) in [6, 6.07) is 7.37. The Hall–Kier alpha value is -2.98. The Bertz CT molecular complexity index is 952. The smallest absolute Gasteiger partial charge is 0.271 e. The van der Waals surface area contributed by atoms with Crippen LogP contribution in [0.2, 0.25) is 0 Å². The number of carbonyl (C=O) groups excluding carboxylic acids is 2. The molecule has 1 saturated heterocycles. The number of hydrogen-bond donors (Lipinski definition) is 1. The topological polar surface area (TPSA) is 105 Å². The third-order valence-electron chi connectivity index (χ3n) is 5.13. The van der Waals surface area contributed by atoms with E-state index < -0.39 is 11.0 Å². The van der Waals surface area contributed by atoms with Gasteiger partial charge in [-0.25, -0.2) is 0 Å². The van der Waals surface area contributed by atoms with E-state index in [1.165, 1.54) is 36.6 Å². The zero-order valence-corrected chi connectivity index (χ0v) is 17.9. The number of rotatable bonds is 6. The maximum Gasteiger partial charge on any atom is 0.271 e. The standard InChI is InChI=1S/C20H24N4O5S/c1-13-4-7-18(30-13)20(26)23-10-8-22(9-11-23)14(2)19(25)21-16-12-15(24(27)28)5-6-17(16)29-3/h4-7,12,14H,8-11H2,1-3H3,(H,21,25). The van der Waals surface area contributed by atoms with Gasteiger partial charge in [-0.3, -0.25) is 24.6 Å². The molecule has 1 aromatic heterocycles. The largest absolute Gasteiger partial charge is 0.495 e. The summed E-state index contributed by atoms with van der Waals surface area (Å²) in [7, 11) is 1.44. The van der Waals surface area contributed by atoms with Crippen molar-refractivity contribution in [3.05, 3.63) is 50.2 Å². The van der Waals surface area contributed by atoms with E-state index in [0.29, 0.717) is 31.9 Å². The third kappa shape index (κ3) is 4.77. The van der Waals surface area contributed by atoms with Crippen molar-refractivity contribution in [2.45, 2.75) is 19.9 Å². The van der Waals surface area contributed by atoms with Crippen molar-refractivity contribution in [3.63, 3.8) is 0 Å². The second-order valence-electron chi connectivity index (χ2n) is 7.05. The Kier molecular flexibility index (Phi) is 6.68. The lowest BCUT2D eigenvalue weighted by atomic mass is 10.2. The molecule has 1 unspecified atom stereocenters. The Balaban J connectivity index is 1.60. The van der Waals surface area contributed by atoms with Crippen LogP contribution in [-0.2, 0) is 4.79 Å². The normalized spacial score (nSPS) is 15.5. The highest BCUT2D eigenvalue weighted by Crippen LogP contribution is 2.29. The Morgan fingerprint density at radius 1 is 1.20 bits per heavy atom. The van der Waals surface area contributed by atoms with Crippen LogP contribution in [0.3, 0.4) is 0 Å². The molecule has 2 aromatic rings. The van der Waals surface area contributed by atoms with Crippen LogP contribution in [0.4, 0.5) is 11.4 Å². The van der Waals surface area contributed by atoms with E-state index >= 15 is 0 Å². The molecule has 10 heteroatoms. The average molecular weight is 433 g/mol. The number of ether oxygens (including phenoxy) is 1. The fraction of sp³-hybridized carbons (Fsp3) is 0.400. The second-order valence-corrected chi connectivity index (χ2v) is 8.33. The molecule has 1 atom stereocenters. The van der Waals surface area contributed by atoms with Crippen molar-refractivity contribution in [2.75, 3.05) is 38.6 Å². The zero-order valence-electron chi connectivity index (χ0n) is 17.1. The van der Waals surface area contributed by atoms with E-state index in [-0.39, 0.29) is 23.2 Å². The van der Waals surface area contributed by atoms with E-state index in [0.717, 1.165) is 9.75 Å². The van der Waals surface area contributed by atoms with Gasteiger partial charge in [0, 0.05) is 43.2 Å². The number of nitrogens with zero attached hydrogens (tertiary/aromatic N) is 3. The number of anilines is 1. The summed E-state index contributed by atoms with van der Waals surface area (Å²) in [5, 5.41) is 13.7. The van der Waals surface area contributed by atoms with Crippen LogP contribution in [0, 0.1) is 17.0 Å². The molecule has 2 amide bonds. The molecule has 30 heavy (non-hydrogen) atoms. The first kappa shape index (κ1) is 21.7. The summed E-state index contributed by atoms with van der Waals surface area (Å²) in [6.07, 6.45) is 0. The van der Waals surface area contributed by atoms with Crippen molar-refractivity contribution in [2.24, 2.45) is 0 Å². The number of methoxy groups -OCH3 is 1. The van der Waals surface area contributed by atoms with Crippen molar-refractivity contribution in [1.82, 2.24) is 9.80 Å². The first-order chi connectivity index (χ1) is 14.3. The van der Waals surface area contributed by atoms with Crippen LogP contribution >= 0.6 is 11.3 Å². The van der Waals surface area contributed by atoms with Gasteiger partial charge in [0.25, 0.3) is 11.6 Å². The maximum atomic E-state index is 12.7. The molecule has 0 radical (unpaired) electrons. The molecular weight excluding hydrogens is 408 g/mol. The lowest BCUT2D eigenvalue weighted by molar-refractivity contribution is -0.384. The van der Waals surface area contributed by atoms with E-state index in [1.54, 1.807) is 11.8 Å². The highest BCUT2D eigenvalue weighted by molar-refractivity contribution is 7.13. The molecular formula is C20H24N4O5S. The van der Waals surface area contributed by atoms with Crippen LogP contribution in [-0.4, -0.2) is 65.9 Å². The first-order valence-electron chi connectivity index (χ1n) is 9.53. The molecule has 160 valence electrons. The molecule has 1 aromatic carbocycles. The molecule has 0 saturated carbocycles. The fourth-order valence-electron chi connectivity index (χ4n) is 3.33. The molecule has 1 fully saturated rings. The van der Waals surface area contributed by atoms with Crippen molar-refractivity contribution in [3.8, 4) is 5.75 Å². The number of amides is 2. The SMILES string of the molecule is COc1ccc([N+](=O)[O-])cc1NC(=O)C(C)N1CCN(C(=O)c2ccc(C)s2)CC1. The molecule has 0 spiro atoms. The molecule has 0 bridgehead atoms. The summed E-state index contributed by atoms with van der Waals surface area (Å²) >= 11 is 1.48. The monoisotopic (exact) mass is 432 g/mol. The first-order valence-corrected chi connectivity index (χ1v) is 10.3. The van der Waals surface area contributed by atoms with Gasteiger partial charge in [-0.1, -0.05) is 0 Å². The number of carbonyl (C=O) groups is 2. The zero-order chi connectivity index (χ0) is 21.8. The van der Waals surface area contributed by atoms with Gasteiger partial charge in [0.1, 0.15) is 5.75 Å². The Labute approximate surface area is 178 Å². The highest BCUT2D eigenvalue weighted by Gasteiger charge is 2.29. The summed E-state index contributed by atoms with van der Waals surface area (Å²) in [5.41, 5.74) is 0.125. The number of benzene rings is 1. The minimum Gasteiger partial charge on any atom is -0.495 e. The van der Waals surface area contributed by atoms with Crippen molar-refractivity contribution >= 4 is 34.5 Å². The minimum absolute atomic E-state index is 0.0196. The third-order valence-corrected chi connectivity index (χ3v) is 6.12. The van der Waals surface area contributed by atoms with E-state index in [9.17, 15) is 19.7 Å². The number of nitro groups is 1. The van der Waals surface area contributed by atoms with Gasteiger partial charge < -0.3 is 15.0 Å². The van der Waals surface area contributed by atoms with Gasteiger partial charge >= 0.3 is 0 Å². The van der Waals surface area contributed by atoms with Gasteiger partial charge in [0.15, 0.2) is 0 Å². The molecule has 2 heterocycles. The lowest BCUT2D eigenvalue weighted by Crippen LogP contribution is -2.53. The summed E-state index contributed by atoms with van der Waals surface area (Å²) in [4.78, 5) is 41.4. The Morgan fingerprint density at radius 3 is 2.47 bits per heavy atom. The molecule has 1 aliphatic heterocycles. The maximum absolute atomic E-state index is 12.7. The van der Waals surface area contributed by atoms with Crippen molar-refractivity contribution in [1.29, 1.82) is 0 Å². The number of non-ortho nitro benzene ring substituents is 1. The lowest BCUT2D eigenvalue weighted by Gasteiger charge is -2.37. The highest BCUT2D eigenvalue weighted by atomic mass is 32.1. The average Bonchev–Trinajstić information content (AvgIpc) is 3.18. The van der Waals surface area contributed by atoms with Gasteiger partial charge in [-0.05, 0) is 32.0 Å². The fourth-order valence-corrected chi connectivity index (χ4v) is 4.16. The second kappa shape index (κ2) is 9.23. The molecule has 3 rings (SSSR count). The van der Waals surface area contributed by atoms with E-state index in [4.69, 9.17) is 4.74 Å². The quantitative estimate of drug-likeness (QED) is 0.556. The summed E-state index contributed by atoms with van der Waals surface area (Å²) in [5.74, 6) is 0.0800. The molecule has 0 aliphatic carbocycles. The summed E-state index contributed by atoms with van der Waals surface area (Å²) in [6.45, 7) is 5.95. The van der Waals surface area contributed by atoms with Crippen LogP contribution in [0.5, 0.6) is 5.75 Å². The predicted molar refractivity (Wildman–Crippen MR) is 114 cm³/mol. The van der Waals surface area contributed by atoms with Crippen molar-refractivity contribution < 1.29 is 19.2 Å². The van der Waals surface area contributed by atoms with Gasteiger partial charge in [-0.2, -0.15) is 0 Å². The number of nitro benzene ring substituents is 1. The van der Waals surface area contributed by atoms with Gasteiger partial charge in [-0.15, -0.1) is 11.3 Å². The van der Waals surface area contributed by atoms with Crippen LogP contribution in [0.25, 0.3) is 0 Å². The van der Waals surface area contributed by atoms with Gasteiger partial charge in [0.2, 0.25) is 5.91 Å². The van der Waals surface area contributed by atoms with E-state index in [2.05, 4.69) is 5.32 Å². The number of thiophene rings is 1. The number of piperazine rings is 1. The summed E-state index contributed by atoms with van der Waals surface area (Å²) < 4.78 is 5.20. The van der Waals surface area contributed by atoms with Crippen LogP contribution in [0.15, 0.2) is 30.3 Å². The number of nitrogens with one attached hydrogen (secondary N) is 1. The van der Waals surface area contributed by atoms with E-state index in [1.807, 2.05) is 24.0 Å². The molecule has 1 aliphatic rings. The Morgan fingerprint density at radius 2 is 1.90 bits per heavy atom. The van der Waals surface area contributed by atoms with Crippen LogP contribution < -0.4 is 10.1 Å². The molecule has 9 nitrogen and oxygen atoms in total.